The van der Waals surface area contributed by atoms with Crippen LogP contribution in [0.4, 0.5) is 5.69 Å². The van der Waals surface area contributed by atoms with Crippen LogP contribution in [-0.4, -0.2) is 15.0 Å². The Labute approximate surface area is 119 Å². The molecule has 3 nitrogen and oxygen atoms in total. The highest BCUT2D eigenvalue weighted by Gasteiger charge is 2.33. The molecule has 0 radical (unpaired) electrons. The van der Waals surface area contributed by atoms with Crippen LogP contribution in [0.3, 0.4) is 0 Å². The normalized spacial score (nSPS) is 18.1. The second-order valence-electron chi connectivity index (χ2n) is 5.23. The smallest absolute Gasteiger partial charge is 0.239 e. The summed E-state index contributed by atoms with van der Waals surface area (Å²) in [6.07, 6.45) is 0. The third-order valence-electron chi connectivity index (χ3n) is 3.70. The van der Waals surface area contributed by atoms with Gasteiger partial charge >= 0.3 is 0 Å². The Morgan fingerprint density at radius 3 is 2.45 bits per heavy atom. The molecule has 0 N–H and O–H groups in total. The molecule has 2 aromatic rings. The standard InChI is InChI=1S/C16H17NO2S/c1-13-11-17(16-10-6-5-9-15(13)16)20(18,19)12-14-7-3-2-4-8-14/h2-10,13H,11-12H2,1H3. The fraction of sp³-hybridized carbons (Fsp3) is 0.250. The maximum Gasteiger partial charge on any atom is 0.239 e. The maximum absolute atomic E-state index is 12.6. The van der Waals surface area contributed by atoms with Crippen molar-refractivity contribution < 1.29 is 8.42 Å². The van der Waals surface area contributed by atoms with Crippen LogP contribution in [0, 0.1) is 0 Å². The summed E-state index contributed by atoms with van der Waals surface area (Å²) in [4.78, 5) is 0. The van der Waals surface area contributed by atoms with Gasteiger partial charge in [0.1, 0.15) is 0 Å². The summed E-state index contributed by atoms with van der Waals surface area (Å²) in [5.41, 5.74) is 2.77. The monoisotopic (exact) mass is 287 g/mol. The molecule has 0 aromatic heterocycles. The number of hydrogen-bond donors (Lipinski definition) is 0. The molecule has 0 saturated carbocycles. The van der Waals surface area contributed by atoms with Crippen molar-refractivity contribution in [3.63, 3.8) is 0 Å². The van der Waals surface area contributed by atoms with Gasteiger partial charge < -0.3 is 0 Å². The van der Waals surface area contributed by atoms with Crippen molar-refractivity contribution in [3.8, 4) is 0 Å². The summed E-state index contributed by atoms with van der Waals surface area (Å²) in [5, 5.41) is 0. The van der Waals surface area contributed by atoms with Crippen molar-refractivity contribution in [2.24, 2.45) is 0 Å². The quantitative estimate of drug-likeness (QED) is 0.869. The van der Waals surface area contributed by atoms with Gasteiger partial charge in [-0.1, -0.05) is 55.5 Å². The lowest BCUT2D eigenvalue weighted by Crippen LogP contribution is -2.30. The van der Waals surface area contributed by atoms with Crippen LogP contribution >= 0.6 is 0 Å². The van der Waals surface area contributed by atoms with Crippen molar-refractivity contribution >= 4 is 15.7 Å². The van der Waals surface area contributed by atoms with E-state index >= 15 is 0 Å². The lowest BCUT2D eigenvalue weighted by molar-refractivity contribution is 0.589. The molecule has 3 rings (SSSR count). The van der Waals surface area contributed by atoms with Gasteiger partial charge in [-0.15, -0.1) is 0 Å². The van der Waals surface area contributed by atoms with Crippen LogP contribution in [0.1, 0.15) is 24.0 Å². The number of anilines is 1. The third-order valence-corrected chi connectivity index (χ3v) is 5.42. The molecular formula is C16H17NO2S. The van der Waals surface area contributed by atoms with Crippen LogP contribution in [-0.2, 0) is 15.8 Å². The van der Waals surface area contributed by atoms with Gasteiger partial charge in [-0.2, -0.15) is 0 Å². The van der Waals surface area contributed by atoms with E-state index in [0.717, 1.165) is 16.8 Å². The van der Waals surface area contributed by atoms with E-state index in [1.807, 2.05) is 54.6 Å². The van der Waals surface area contributed by atoms with Crippen LogP contribution < -0.4 is 4.31 Å². The molecule has 0 bridgehead atoms. The number of fused-ring (bicyclic) bond motifs is 1. The molecule has 1 atom stereocenters. The highest BCUT2D eigenvalue weighted by atomic mass is 32.2. The highest BCUT2D eigenvalue weighted by Crippen LogP contribution is 2.37. The molecule has 0 fully saturated rings. The number of nitrogens with zero attached hydrogens (tertiary/aromatic N) is 1. The second-order valence-corrected chi connectivity index (χ2v) is 7.13. The first kappa shape index (κ1) is 13.2. The van der Waals surface area contributed by atoms with Gasteiger partial charge in [0.15, 0.2) is 0 Å². The Kier molecular flexibility index (Phi) is 3.26. The molecule has 0 saturated heterocycles. The maximum atomic E-state index is 12.6. The average Bonchev–Trinajstić information content (AvgIpc) is 2.78. The number of rotatable bonds is 3. The van der Waals surface area contributed by atoms with Crippen molar-refractivity contribution in [1.82, 2.24) is 0 Å². The Hall–Kier alpha value is -1.81. The van der Waals surface area contributed by atoms with Crippen molar-refractivity contribution in [3.05, 3.63) is 65.7 Å². The topological polar surface area (TPSA) is 37.4 Å². The van der Waals surface area contributed by atoms with E-state index in [1.165, 1.54) is 0 Å². The number of sulfonamides is 1. The van der Waals surface area contributed by atoms with Crippen LogP contribution in [0.25, 0.3) is 0 Å². The molecule has 104 valence electrons. The van der Waals surface area contributed by atoms with E-state index in [0.29, 0.717) is 6.54 Å². The first-order valence-electron chi connectivity index (χ1n) is 6.71. The molecule has 20 heavy (non-hydrogen) atoms. The lowest BCUT2D eigenvalue weighted by atomic mass is 10.0. The fourth-order valence-corrected chi connectivity index (χ4v) is 4.39. The fourth-order valence-electron chi connectivity index (χ4n) is 2.70. The van der Waals surface area contributed by atoms with Gasteiger partial charge in [0.25, 0.3) is 0 Å². The largest absolute Gasteiger partial charge is 0.269 e. The lowest BCUT2D eigenvalue weighted by Gasteiger charge is -2.19. The molecule has 0 spiro atoms. The molecule has 2 aromatic carbocycles. The third kappa shape index (κ3) is 2.31. The second kappa shape index (κ2) is 4.94. The zero-order chi connectivity index (χ0) is 14.2. The first-order valence-corrected chi connectivity index (χ1v) is 8.32. The summed E-state index contributed by atoms with van der Waals surface area (Å²) in [7, 11) is -3.33. The Morgan fingerprint density at radius 1 is 1.05 bits per heavy atom. The highest BCUT2D eigenvalue weighted by molar-refractivity contribution is 7.92. The van der Waals surface area contributed by atoms with Crippen molar-refractivity contribution in [2.45, 2.75) is 18.6 Å². The van der Waals surface area contributed by atoms with Gasteiger partial charge in [-0.25, -0.2) is 8.42 Å². The Bertz CT molecular complexity index is 710. The molecule has 1 aliphatic heterocycles. The van der Waals surface area contributed by atoms with Gasteiger partial charge in [-0.3, -0.25) is 4.31 Å². The molecule has 4 heteroatoms. The summed E-state index contributed by atoms with van der Waals surface area (Å²) in [6.45, 7) is 2.60. The van der Waals surface area contributed by atoms with Gasteiger partial charge in [0, 0.05) is 12.5 Å². The van der Waals surface area contributed by atoms with E-state index in [4.69, 9.17) is 0 Å². The van der Waals surface area contributed by atoms with E-state index in [-0.39, 0.29) is 11.7 Å². The van der Waals surface area contributed by atoms with E-state index in [1.54, 1.807) is 4.31 Å². The SMILES string of the molecule is CC1CN(S(=O)(=O)Cc2ccccc2)c2ccccc21. The predicted octanol–water partition coefficient (Wildman–Crippen LogP) is 3.14. The summed E-state index contributed by atoms with van der Waals surface area (Å²) < 4.78 is 26.8. The number of hydrogen-bond acceptors (Lipinski definition) is 2. The van der Waals surface area contributed by atoms with Gasteiger partial charge in [0.2, 0.25) is 10.0 Å². The predicted molar refractivity (Wildman–Crippen MR) is 81.3 cm³/mol. The van der Waals surface area contributed by atoms with E-state index < -0.39 is 10.0 Å². The minimum absolute atomic E-state index is 0.0505. The van der Waals surface area contributed by atoms with E-state index in [9.17, 15) is 8.42 Å². The molecule has 1 unspecified atom stereocenters. The average molecular weight is 287 g/mol. The van der Waals surface area contributed by atoms with Crippen molar-refractivity contribution in [2.75, 3.05) is 10.8 Å². The zero-order valence-electron chi connectivity index (χ0n) is 11.4. The summed E-state index contributed by atoms with van der Waals surface area (Å²) in [6, 6.07) is 17.1. The zero-order valence-corrected chi connectivity index (χ0v) is 12.2. The molecule has 1 aliphatic rings. The minimum Gasteiger partial charge on any atom is -0.269 e. The number of benzene rings is 2. The molecule has 0 aliphatic carbocycles. The van der Waals surface area contributed by atoms with Crippen LogP contribution in [0.15, 0.2) is 54.6 Å². The van der Waals surface area contributed by atoms with Crippen LogP contribution in [0.2, 0.25) is 0 Å². The van der Waals surface area contributed by atoms with Crippen molar-refractivity contribution in [1.29, 1.82) is 0 Å². The number of para-hydroxylation sites is 1. The Balaban J connectivity index is 1.94. The minimum atomic E-state index is -3.33. The summed E-state index contributed by atoms with van der Waals surface area (Å²) in [5.74, 6) is 0.297. The van der Waals surface area contributed by atoms with Crippen LogP contribution in [0.5, 0.6) is 0 Å². The molecular weight excluding hydrogens is 270 g/mol. The van der Waals surface area contributed by atoms with E-state index in [2.05, 4.69) is 6.92 Å². The Morgan fingerprint density at radius 2 is 1.70 bits per heavy atom. The van der Waals surface area contributed by atoms with Gasteiger partial charge in [0.05, 0.1) is 11.4 Å². The first-order chi connectivity index (χ1) is 9.58. The summed E-state index contributed by atoms with van der Waals surface area (Å²) >= 11 is 0. The molecule has 1 heterocycles. The molecule has 0 amide bonds. The van der Waals surface area contributed by atoms with Gasteiger partial charge in [-0.05, 0) is 17.2 Å².